The zero-order valence-corrected chi connectivity index (χ0v) is 13.2. The van der Waals surface area contributed by atoms with Gasteiger partial charge in [0.2, 0.25) is 0 Å². The van der Waals surface area contributed by atoms with Gasteiger partial charge in [-0.2, -0.15) is 0 Å². The van der Waals surface area contributed by atoms with Crippen molar-refractivity contribution < 1.29 is 4.74 Å². The SMILES string of the molecule is CN=C(NCCCOc1ccc(C)cc1)NC1CCCC1. The van der Waals surface area contributed by atoms with E-state index in [4.69, 9.17) is 4.74 Å². The molecule has 1 aromatic rings. The summed E-state index contributed by atoms with van der Waals surface area (Å²) in [5.41, 5.74) is 1.26. The third-order valence-electron chi connectivity index (χ3n) is 3.82. The standard InChI is InChI=1S/C17H27N3O/c1-14-8-10-16(11-9-14)21-13-5-12-19-17(18-2)20-15-6-3-4-7-15/h8-11,15H,3-7,12-13H2,1-2H3,(H2,18,19,20). The van der Waals surface area contributed by atoms with Gasteiger partial charge in [0.25, 0.3) is 0 Å². The molecule has 0 unspecified atom stereocenters. The number of benzene rings is 1. The van der Waals surface area contributed by atoms with Crippen molar-refractivity contribution in [1.82, 2.24) is 10.6 Å². The summed E-state index contributed by atoms with van der Waals surface area (Å²) >= 11 is 0. The Morgan fingerprint density at radius 2 is 1.95 bits per heavy atom. The number of ether oxygens (including phenoxy) is 1. The van der Waals surface area contributed by atoms with E-state index >= 15 is 0 Å². The van der Waals surface area contributed by atoms with E-state index in [1.54, 1.807) is 0 Å². The van der Waals surface area contributed by atoms with Gasteiger partial charge in [-0.05, 0) is 38.3 Å². The molecule has 0 radical (unpaired) electrons. The predicted molar refractivity (Wildman–Crippen MR) is 88.0 cm³/mol. The quantitative estimate of drug-likeness (QED) is 0.481. The zero-order valence-electron chi connectivity index (χ0n) is 13.2. The van der Waals surface area contributed by atoms with E-state index in [9.17, 15) is 0 Å². The number of hydrogen-bond acceptors (Lipinski definition) is 2. The average Bonchev–Trinajstić information content (AvgIpc) is 3.00. The van der Waals surface area contributed by atoms with Crippen LogP contribution in [-0.2, 0) is 0 Å². The van der Waals surface area contributed by atoms with Gasteiger partial charge in [-0.25, -0.2) is 0 Å². The van der Waals surface area contributed by atoms with Crippen molar-refractivity contribution in [3.63, 3.8) is 0 Å². The van der Waals surface area contributed by atoms with Gasteiger partial charge in [0.15, 0.2) is 5.96 Å². The molecular weight excluding hydrogens is 262 g/mol. The van der Waals surface area contributed by atoms with E-state index in [1.165, 1.54) is 31.2 Å². The Hall–Kier alpha value is -1.71. The average molecular weight is 289 g/mol. The summed E-state index contributed by atoms with van der Waals surface area (Å²) in [5, 5.41) is 6.83. The van der Waals surface area contributed by atoms with Crippen LogP contribution in [0, 0.1) is 6.92 Å². The van der Waals surface area contributed by atoms with Crippen molar-refractivity contribution in [2.45, 2.75) is 45.1 Å². The first kappa shape index (κ1) is 15.7. The highest BCUT2D eigenvalue weighted by Crippen LogP contribution is 2.17. The Morgan fingerprint density at radius 3 is 2.62 bits per heavy atom. The lowest BCUT2D eigenvalue weighted by atomic mass is 10.2. The minimum Gasteiger partial charge on any atom is -0.494 e. The highest BCUT2D eigenvalue weighted by atomic mass is 16.5. The van der Waals surface area contributed by atoms with Gasteiger partial charge < -0.3 is 15.4 Å². The summed E-state index contributed by atoms with van der Waals surface area (Å²) in [4.78, 5) is 4.27. The van der Waals surface area contributed by atoms with Crippen LogP contribution in [0.1, 0.15) is 37.7 Å². The molecule has 1 saturated carbocycles. The molecule has 116 valence electrons. The fraction of sp³-hybridized carbons (Fsp3) is 0.588. The first-order chi connectivity index (χ1) is 10.3. The maximum Gasteiger partial charge on any atom is 0.191 e. The molecule has 0 saturated heterocycles. The first-order valence-corrected chi connectivity index (χ1v) is 7.94. The number of aliphatic imine (C=N–C) groups is 1. The van der Waals surface area contributed by atoms with Crippen LogP contribution >= 0.6 is 0 Å². The lowest BCUT2D eigenvalue weighted by molar-refractivity contribution is 0.311. The molecule has 0 aliphatic heterocycles. The molecule has 4 nitrogen and oxygen atoms in total. The Balaban J connectivity index is 1.58. The topological polar surface area (TPSA) is 45.7 Å². The van der Waals surface area contributed by atoms with Gasteiger partial charge in [0, 0.05) is 19.6 Å². The van der Waals surface area contributed by atoms with E-state index in [0.717, 1.165) is 31.3 Å². The monoisotopic (exact) mass is 289 g/mol. The van der Waals surface area contributed by atoms with E-state index in [0.29, 0.717) is 6.04 Å². The van der Waals surface area contributed by atoms with Crippen molar-refractivity contribution in [1.29, 1.82) is 0 Å². The smallest absolute Gasteiger partial charge is 0.191 e. The number of aryl methyl sites for hydroxylation is 1. The van der Waals surface area contributed by atoms with Crippen LogP contribution in [0.15, 0.2) is 29.3 Å². The number of rotatable bonds is 6. The molecular formula is C17H27N3O. The molecule has 0 spiro atoms. The number of guanidine groups is 1. The Bertz CT molecular complexity index is 436. The summed E-state index contributed by atoms with van der Waals surface area (Å²) < 4.78 is 5.71. The molecule has 2 rings (SSSR count). The molecule has 2 N–H and O–H groups in total. The molecule has 0 aromatic heterocycles. The van der Waals surface area contributed by atoms with Crippen LogP contribution in [0.4, 0.5) is 0 Å². The Kier molecular flexibility index (Phi) is 6.38. The van der Waals surface area contributed by atoms with E-state index in [2.05, 4.69) is 34.7 Å². The Morgan fingerprint density at radius 1 is 1.24 bits per heavy atom. The van der Waals surface area contributed by atoms with Crippen LogP contribution in [0.3, 0.4) is 0 Å². The second-order valence-electron chi connectivity index (χ2n) is 5.64. The van der Waals surface area contributed by atoms with Crippen molar-refractivity contribution in [2.75, 3.05) is 20.2 Å². The fourth-order valence-electron chi connectivity index (χ4n) is 2.56. The molecule has 1 aliphatic carbocycles. The lowest BCUT2D eigenvalue weighted by Crippen LogP contribution is -2.42. The number of nitrogens with one attached hydrogen (secondary N) is 2. The van der Waals surface area contributed by atoms with E-state index < -0.39 is 0 Å². The molecule has 1 aliphatic rings. The second-order valence-corrected chi connectivity index (χ2v) is 5.64. The first-order valence-electron chi connectivity index (χ1n) is 7.94. The summed E-state index contributed by atoms with van der Waals surface area (Å²) in [6.45, 7) is 3.67. The minimum absolute atomic E-state index is 0.597. The summed E-state index contributed by atoms with van der Waals surface area (Å²) in [7, 11) is 1.83. The van der Waals surface area contributed by atoms with Gasteiger partial charge in [-0.15, -0.1) is 0 Å². The molecule has 0 bridgehead atoms. The van der Waals surface area contributed by atoms with E-state index in [1.807, 2.05) is 19.2 Å². The van der Waals surface area contributed by atoms with Gasteiger partial charge in [0.05, 0.1) is 6.61 Å². The maximum atomic E-state index is 5.71. The van der Waals surface area contributed by atoms with Crippen molar-refractivity contribution in [2.24, 2.45) is 4.99 Å². The Labute approximate surface area is 128 Å². The molecule has 0 amide bonds. The maximum absolute atomic E-state index is 5.71. The molecule has 1 fully saturated rings. The summed E-state index contributed by atoms with van der Waals surface area (Å²) in [6.07, 6.45) is 6.14. The molecule has 21 heavy (non-hydrogen) atoms. The number of nitrogens with zero attached hydrogens (tertiary/aromatic N) is 1. The van der Waals surface area contributed by atoms with E-state index in [-0.39, 0.29) is 0 Å². The second kappa shape index (κ2) is 8.55. The van der Waals surface area contributed by atoms with Crippen LogP contribution < -0.4 is 15.4 Å². The molecule has 1 aromatic carbocycles. The number of hydrogen-bond donors (Lipinski definition) is 2. The van der Waals surface area contributed by atoms with Crippen molar-refractivity contribution >= 4 is 5.96 Å². The minimum atomic E-state index is 0.597. The zero-order chi connectivity index (χ0) is 14.9. The van der Waals surface area contributed by atoms with Crippen molar-refractivity contribution in [3.05, 3.63) is 29.8 Å². The summed E-state index contributed by atoms with van der Waals surface area (Å²) in [5.74, 6) is 1.85. The van der Waals surface area contributed by atoms with Crippen LogP contribution in [0.5, 0.6) is 5.75 Å². The molecule has 4 heteroatoms. The van der Waals surface area contributed by atoms with Crippen molar-refractivity contribution in [3.8, 4) is 5.75 Å². The highest BCUT2D eigenvalue weighted by Gasteiger charge is 2.15. The third kappa shape index (κ3) is 5.66. The van der Waals surface area contributed by atoms with Gasteiger partial charge in [-0.3, -0.25) is 4.99 Å². The fourth-order valence-corrected chi connectivity index (χ4v) is 2.56. The predicted octanol–water partition coefficient (Wildman–Crippen LogP) is 2.87. The van der Waals surface area contributed by atoms with Crippen LogP contribution in [-0.4, -0.2) is 32.2 Å². The van der Waals surface area contributed by atoms with Gasteiger partial charge in [0.1, 0.15) is 5.75 Å². The lowest BCUT2D eigenvalue weighted by Gasteiger charge is -2.16. The molecule has 0 atom stereocenters. The van der Waals surface area contributed by atoms with Crippen LogP contribution in [0.25, 0.3) is 0 Å². The van der Waals surface area contributed by atoms with Gasteiger partial charge in [-0.1, -0.05) is 30.5 Å². The summed E-state index contributed by atoms with van der Waals surface area (Å²) in [6, 6.07) is 8.77. The third-order valence-corrected chi connectivity index (χ3v) is 3.82. The van der Waals surface area contributed by atoms with Crippen LogP contribution in [0.2, 0.25) is 0 Å². The highest BCUT2D eigenvalue weighted by molar-refractivity contribution is 5.79. The molecule has 0 heterocycles. The largest absolute Gasteiger partial charge is 0.494 e. The van der Waals surface area contributed by atoms with Gasteiger partial charge >= 0.3 is 0 Å². The normalized spacial score (nSPS) is 16.0.